The van der Waals surface area contributed by atoms with Crippen molar-refractivity contribution in [3.63, 3.8) is 0 Å². The van der Waals surface area contributed by atoms with Crippen LogP contribution in [0.15, 0.2) is 65.7 Å². The third-order valence-electron chi connectivity index (χ3n) is 4.96. The molecule has 158 valence electrons. The number of carbonyl (C=O) groups excluding carboxylic acids is 2. The van der Waals surface area contributed by atoms with E-state index < -0.39 is 17.7 Å². The molecule has 2 heterocycles. The Kier molecular flexibility index (Phi) is 5.61. The number of amides is 1. The molecule has 0 radical (unpaired) electrons. The number of aliphatic hydroxyl groups is 1. The van der Waals surface area contributed by atoms with Gasteiger partial charge in [0.05, 0.1) is 17.7 Å². The first-order chi connectivity index (χ1) is 14.9. The highest BCUT2D eigenvalue weighted by atomic mass is 32.1. The first-order valence-corrected chi connectivity index (χ1v) is 10.8. The summed E-state index contributed by atoms with van der Waals surface area (Å²) in [5.41, 5.74) is 2.25. The van der Waals surface area contributed by atoms with Gasteiger partial charge in [-0.05, 0) is 50.6 Å². The number of hydrogen-bond acceptors (Lipinski definition) is 6. The lowest BCUT2D eigenvalue weighted by atomic mass is 9.95. The number of thiazole rings is 1. The normalized spacial score (nSPS) is 18.1. The molecule has 7 heteroatoms. The van der Waals surface area contributed by atoms with Gasteiger partial charge < -0.3 is 9.84 Å². The van der Waals surface area contributed by atoms with Gasteiger partial charge in [0.25, 0.3) is 5.78 Å². The number of carbonyl (C=O) groups is 2. The molecule has 0 bridgehead atoms. The summed E-state index contributed by atoms with van der Waals surface area (Å²) in [7, 11) is 0. The van der Waals surface area contributed by atoms with Gasteiger partial charge in [-0.25, -0.2) is 4.98 Å². The molecule has 0 saturated carbocycles. The molecular weight excluding hydrogens is 412 g/mol. The van der Waals surface area contributed by atoms with Crippen LogP contribution in [0.4, 0.5) is 5.13 Å². The smallest absolute Gasteiger partial charge is 0.301 e. The second-order valence-corrected chi connectivity index (χ2v) is 8.46. The van der Waals surface area contributed by atoms with E-state index in [2.05, 4.69) is 4.98 Å². The van der Waals surface area contributed by atoms with Crippen molar-refractivity contribution in [2.45, 2.75) is 32.9 Å². The number of rotatable bonds is 5. The molecule has 2 aromatic carbocycles. The van der Waals surface area contributed by atoms with Crippen molar-refractivity contribution in [2.75, 3.05) is 4.90 Å². The van der Waals surface area contributed by atoms with Crippen molar-refractivity contribution in [3.8, 4) is 5.75 Å². The first-order valence-electron chi connectivity index (χ1n) is 9.91. The molecule has 31 heavy (non-hydrogen) atoms. The summed E-state index contributed by atoms with van der Waals surface area (Å²) >= 11 is 1.27. The highest BCUT2D eigenvalue weighted by Gasteiger charge is 2.47. The fourth-order valence-electron chi connectivity index (χ4n) is 3.55. The minimum atomic E-state index is -0.765. The van der Waals surface area contributed by atoms with E-state index in [1.807, 2.05) is 45.0 Å². The van der Waals surface area contributed by atoms with Crippen molar-refractivity contribution < 1.29 is 19.4 Å². The predicted octanol–water partition coefficient (Wildman–Crippen LogP) is 4.87. The van der Waals surface area contributed by atoms with Crippen molar-refractivity contribution >= 4 is 33.9 Å². The molecule has 1 aliphatic rings. The molecule has 1 fully saturated rings. The summed E-state index contributed by atoms with van der Waals surface area (Å²) in [6.07, 6.45) is 1.60. The second-order valence-electron chi connectivity index (χ2n) is 7.59. The van der Waals surface area contributed by atoms with Crippen molar-refractivity contribution in [1.29, 1.82) is 0 Å². The number of anilines is 1. The van der Waals surface area contributed by atoms with Crippen molar-refractivity contribution in [2.24, 2.45) is 0 Å². The predicted molar refractivity (Wildman–Crippen MR) is 120 cm³/mol. The summed E-state index contributed by atoms with van der Waals surface area (Å²) in [6, 6.07) is 13.6. The summed E-state index contributed by atoms with van der Waals surface area (Å²) < 4.78 is 5.65. The first kappa shape index (κ1) is 20.8. The molecule has 6 nitrogen and oxygen atoms in total. The van der Waals surface area contributed by atoms with Crippen LogP contribution in [0.5, 0.6) is 5.75 Å². The molecular formula is C24H22N2O4S. The van der Waals surface area contributed by atoms with Gasteiger partial charge in [0.1, 0.15) is 11.5 Å². The van der Waals surface area contributed by atoms with E-state index in [9.17, 15) is 14.7 Å². The van der Waals surface area contributed by atoms with Crippen LogP contribution in [0.2, 0.25) is 0 Å². The molecule has 0 spiro atoms. The summed E-state index contributed by atoms with van der Waals surface area (Å²) in [5, 5.41) is 13.3. The molecule has 0 unspecified atom stereocenters. The Balaban J connectivity index is 1.84. The number of aliphatic hydroxyl groups excluding tert-OH is 1. The highest BCUT2D eigenvalue weighted by Crippen LogP contribution is 2.42. The van der Waals surface area contributed by atoms with Crippen LogP contribution in [-0.4, -0.2) is 27.9 Å². The number of nitrogens with zero attached hydrogens (tertiary/aromatic N) is 2. The van der Waals surface area contributed by atoms with E-state index in [1.54, 1.807) is 35.8 Å². The van der Waals surface area contributed by atoms with Gasteiger partial charge in [0.2, 0.25) is 0 Å². The number of hydrogen-bond donors (Lipinski definition) is 1. The van der Waals surface area contributed by atoms with E-state index >= 15 is 0 Å². The number of benzene rings is 2. The van der Waals surface area contributed by atoms with E-state index in [-0.39, 0.29) is 17.4 Å². The molecule has 0 aliphatic carbocycles. The summed E-state index contributed by atoms with van der Waals surface area (Å²) in [6.45, 7) is 5.81. The lowest BCUT2D eigenvalue weighted by molar-refractivity contribution is -0.132. The van der Waals surface area contributed by atoms with Crippen molar-refractivity contribution in [1.82, 2.24) is 4.98 Å². The minimum Gasteiger partial charge on any atom is -0.507 e. The fourth-order valence-corrected chi connectivity index (χ4v) is 4.21. The molecule has 1 saturated heterocycles. The van der Waals surface area contributed by atoms with Gasteiger partial charge in [-0.2, -0.15) is 0 Å². The minimum absolute atomic E-state index is 0.0182. The van der Waals surface area contributed by atoms with Gasteiger partial charge in [-0.1, -0.05) is 29.8 Å². The molecule has 1 N–H and O–H groups in total. The Morgan fingerprint density at radius 3 is 2.35 bits per heavy atom. The molecule has 4 rings (SSSR count). The SMILES string of the molecule is Cc1ccc([C@H]2C(=C(O)c3ccc(OC(C)C)cc3)C(=O)C(=O)N2c2nccs2)cc1. The summed E-state index contributed by atoms with van der Waals surface area (Å²) in [4.78, 5) is 31.6. The van der Waals surface area contributed by atoms with Gasteiger partial charge in [0.15, 0.2) is 5.13 Å². The molecule has 1 atom stereocenters. The van der Waals surface area contributed by atoms with Crippen LogP contribution in [0.1, 0.15) is 36.6 Å². The maximum absolute atomic E-state index is 13.0. The largest absolute Gasteiger partial charge is 0.507 e. The third kappa shape index (κ3) is 3.96. The van der Waals surface area contributed by atoms with Crippen LogP contribution in [-0.2, 0) is 9.59 Å². The Morgan fingerprint density at radius 2 is 1.77 bits per heavy atom. The number of Topliss-reactive ketones (excluding diaryl/α,β-unsaturated/α-hetero) is 1. The Hall–Kier alpha value is -3.45. The zero-order valence-corrected chi connectivity index (χ0v) is 18.2. The zero-order chi connectivity index (χ0) is 22.1. The Morgan fingerprint density at radius 1 is 1.10 bits per heavy atom. The van der Waals surface area contributed by atoms with Gasteiger partial charge in [-0.3, -0.25) is 14.5 Å². The van der Waals surface area contributed by atoms with E-state index in [0.717, 1.165) is 11.1 Å². The number of aryl methyl sites for hydroxylation is 1. The lowest BCUT2D eigenvalue weighted by Gasteiger charge is -2.23. The van der Waals surface area contributed by atoms with Crippen LogP contribution < -0.4 is 9.64 Å². The average Bonchev–Trinajstić information content (AvgIpc) is 3.35. The Bertz CT molecular complexity index is 1130. The monoisotopic (exact) mass is 434 g/mol. The van der Waals surface area contributed by atoms with E-state index in [1.165, 1.54) is 16.2 Å². The molecule has 1 aliphatic heterocycles. The average molecular weight is 435 g/mol. The molecule has 3 aromatic rings. The van der Waals surface area contributed by atoms with Gasteiger partial charge >= 0.3 is 5.91 Å². The van der Waals surface area contributed by atoms with Crippen LogP contribution in [0.3, 0.4) is 0 Å². The van der Waals surface area contributed by atoms with Crippen molar-refractivity contribution in [3.05, 3.63) is 82.4 Å². The highest BCUT2D eigenvalue weighted by molar-refractivity contribution is 7.14. The quantitative estimate of drug-likeness (QED) is 0.352. The maximum atomic E-state index is 13.0. The second kappa shape index (κ2) is 8.35. The summed E-state index contributed by atoms with van der Waals surface area (Å²) in [5.74, 6) is -1.01. The van der Waals surface area contributed by atoms with Gasteiger partial charge in [-0.15, -0.1) is 11.3 Å². The lowest BCUT2D eigenvalue weighted by Crippen LogP contribution is -2.29. The molecule has 1 aromatic heterocycles. The van der Waals surface area contributed by atoms with E-state index in [0.29, 0.717) is 16.4 Å². The topological polar surface area (TPSA) is 79.7 Å². The standard InChI is InChI=1S/C24H22N2O4S/c1-14(2)30-18-10-8-17(9-11-18)21(27)19-20(16-6-4-15(3)5-7-16)26(23(29)22(19)28)24-25-12-13-31-24/h4-14,20,27H,1-3H3/t20-/m0/s1. The Labute approximate surface area is 184 Å². The van der Waals surface area contributed by atoms with Crippen LogP contribution >= 0.6 is 11.3 Å². The van der Waals surface area contributed by atoms with Crippen LogP contribution in [0.25, 0.3) is 5.76 Å². The van der Waals surface area contributed by atoms with E-state index in [4.69, 9.17) is 4.74 Å². The van der Waals surface area contributed by atoms with Crippen LogP contribution in [0, 0.1) is 6.92 Å². The van der Waals surface area contributed by atoms with Gasteiger partial charge in [0, 0.05) is 17.1 Å². The maximum Gasteiger partial charge on any atom is 0.301 e. The fraction of sp³-hybridized carbons (Fsp3) is 0.208. The number of ether oxygens (including phenoxy) is 1. The number of aromatic nitrogens is 1. The zero-order valence-electron chi connectivity index (χ0n) is 17.4. The third-order valence-corrected chi connectivity index (χ3v) is 5.73. The number of ketones is 1. The molecule has 1 amide bonds.